The van der Waals surface area contributed by atoms with Crippen LogP contribution in [-0.4, -0.2) is 35.7 Å². The number of nitrogens with one attached hydrogen (secondary N) is 3. The molecule has 0 radical (unpaired) electrons. The maximum Gasteiger partial charge on any atom is 0.269 e. The van der Waals surface area contributed by atoms with Crippen LogP contribution in [0.25, 0.3) is 0 Å². The van der Waals surface area contributed by atoms with E-state index in [9.17, 15) is 24.5 Å². The van der Waals surface area contributed by atoms with Crippen LogP contribution in [0.15, 0.2) is 46.9 Å². The molecule has 0 bridgehead atoms. The van der Waals surface area contributed by atoms with Crippen molar-refractivity contribution in [2.24, 2.45) is 0 Å². The maximum absolute atomic E-state index is 12.2. The fourth-order valence-corrected chi connectivity index (χ4v) is 3.59. The lowest BCUT2D eigenvalue weighted by Gasteiger charge is -2.15. The highest BCUT2D eigenvalue weighted by Crippen LogP contribution is 2.32. The molecule has 0 aliphatic heterocycles. The first-order valence-electron chi connectivity index (χ1n) is 9.20. The van der Waals surface area contributed by atoms with Crippen molar-refractivity contribution in [1.82, 2.24) is 16.0 Å². The Labute approximate surface area is 180 Å². The molecule has 1 aliphatic rings. The van der Waals surface area contributed by atoms with E-state index in [0.717, 1.165) is 22.9 Å². The van der Waals surface area contributed by atoms with Crippen molar-refractivity contribution in [2.45, 2.75) is 18.9 Å². The monoisotopic (exact) mass is 474 g/mol. The Balaban J connectivity index is 1.41. The third-order valence-corrected chi connectivity index (χ3v) is 5.21. The van der Waals surface area contributed by atoms with E-state index in [1.807, 2.05) is 18.2 Å². The van der Waals surface area contributed by atoms with E-state index in [2.05, 4.69) is 31.9 Å². The number of non-ortho nitro benzene ring substituents is 1. The van der Waals surface area contributed by atoms with E-state index in [1.54, 1.807) is 0 Å². The predicted molar refractivity (Wildman–Crippen MR) is 112 cm³/mol. The van der Waals surface area contributed by atoms with Crippen molar-refractivity contribution < 1.29 is 19.3 Å². The summed E-state index contributed by atoms with van der Waals surface area (Å²) in [5.41, 5.74) is 2.32. The molecular formula is C20H19BrN4O5. The molecule has 9 nitrogen and oxygen atoms in total. The molecule has 0 fully saturated rings. The zero-order chi connectivity index (χ0) is 21.7. The maximum atomic E-state index is 12.2. The lowest BCUT2D eigenvalue weighted by Crippen LogP contribution is -2.42. The van der Waals surface area contributed by atoms with Crippen LogP contribution in [0.5, 0.6) is 0 Å². The summed E-state index contributed by atoms with van der Waals surface area (Å²) in [5.74, 6) is -1.38. The standard InChI is InChI=1S/C20H19BrN4O5/c21-14-5-1-12-4-8-17(16(12)9-14)24-19(27)11-22-18(26)10-23-20(28)13-2-6-15(7-3-13)25(29)30/h1-3,5-7,9,17H,4,8,10-11H2,(H,22,26)(H,23,28)(H,24,27). The normalized spacial score (nSPS) is 14.5. The Morgan fingerprint density at radius 1 is 1.03 bits per heavy atom. The number of amides is 3. The van der Waals surface area contributed by atoms with Gasteiger partial charge in [-0.2, -0.15) is 0 Å². The molecule has 2 aromatic carbocycles. The highest BCUT2D eigenvalue weighted by Gasteiger charge is 2.24. The average Bonchev–Trinajstić information content (AvgIpc) is 3.12. The molecule has 0 heterocycles. The van der Waals surface area contributed by atoms with Crippen molar-refractivity contribution in [3.63, 3.8) is 0 Å². The number of nitrogens with zero attached hydrogens (tertiary/aromatic N) is 1. The van der Waals surface area contributed by atoms with Gasteiger partial charge in [-0.1, -0.05) is 22.0 Å². The van der Waals surface area contributed by atoms with Gasteiger partial charge >= 0.3 is 0 Å². The second-order valence-corrected chi connectivity index (χ2v) is 7.68. The number of fused-ring (bicyclic) bond motifs is 1. The van der Waals surface area contributed by atoms with Crippen molar-refractivity contribution >= 4 is 39.3 Å². The van der Waals surface area contributed by atoms with Crippen LogP contribution >= 0.6 is 15.9 Å². The minimum Gasteiger partial charge on any atom is -0.348 e. The Bertz CT molecular complexity index is 993. The van der Waals surface area contributed by atoms with E-state index < -0.39 is 16.7 Å². The van der Waals surface area contributed by atoms with Gasteiger partial charge in [0.25, 0.3) is 11.6 Å². The van der Waals surface area contributed by atoms with E-state index in [1.165, 1.54) is 29.8 Å². The van der Waals surface area contributed by atoms with Crippen LogP contribution in [0, 0.1) is 10.1 Å². The third kappa shape index (κ3) is 5.41. The van der Waals surface area contributed by atoms with E-state index in [-0.39, 0.29) is 36.3 Å². The zero-order valence-electron chi connectivity index (χ0n) is 15.8. The van der Waals surface area contributed by atoms with Crippen LogP contribution in [0.2, 0.25) is 0 Å². The highest BCUT2D eigenvalue weighted by molar-refractivity contribution is 9.10. The van der Waals surface area contributed by atoms with Crippen LogP contribution in [0.1, 0.15) is 33.9 Å². The summed E-state index contributed by atoms with van der Waals surface area (Å²) >= 11 is 3.43. The number of carbonyl (C=O) groups excluding carboxylic acids is 3. The summed E-state index contributed by atoms with van der Waals surface area (Å²) < 4.78 is 0.944. The fraction of sp³-hybridized carbons (Fsp3) is 0.250. The van der Waals surface area contributed by atoms with Crippen molar-refractivity contribution in [1.29, 1.82) is 0 Å². The number of aryl methyl sites for hydroxylation is 1. The first-order valence-corrected chi connectivity index (χ1v) is 10.00. The van der Waals surface area contributed by atoms with Gasteiger partial charge in [-0.25, -0.2) is 0 Å². The Hall–Kier alpha value is -3.27. The van der Waals surface area contributed by atoms with Gasteiger partial charge in [0.2, 0.25) is 11.8 Å². The molecule has 156 valence electrons. The number of benzene rings is 2. The number of hydrogen-bond donors (Lipinski definition) is 3. The molecule has 0 saturated heterocycles. The molecule has 0 spiro atoms. The highest BCUT2D eigenvalue weighted by atomic mass is 79.9. The van der Waals surface area contributed by atoms with Gasteiger partial charge < -0.3 is 16.0 Å². The first-order chi connectivity index (χ1) is 14.3. The van der Waals surface area contributed by atoms with E-state index in [0.29, 0.717) is 0 Å². The Morgan fingerprint density at radius 3 is 2.43 bits per heavy atom. The van der Waals surface area contributed by atoms with Crippen LogP contribution in [0.4, 0.5) is 5.69 Å². The number of carbonyl (C=O) groups is 3. The zero-order valence-corrected chi connectivity index (χ0v) is 17.4. The molecule has 2 aromatic rings. The summed E-state index contributed by atoms with van der Waals surface area (Å²) in [4.78, 5) is 46.1. The molecule has 10 heteroatoms. The number of nitro benzene ring substituents is 1. The minimum atomic E-state index is -0.566. The molecule has 3 rings (SSSR count). The van der Waals surface area contributed by atoms with E-state index in [4.69, 9.17) is 0 Å². The van der Waals surface area contributed by atoms with Crippen molar-refractivity contribution in [2.75, 3.05) is 13.1 Å². The Kier molecular flexibility index (Phi) is 6.78. The number of rotatable bonds is 7. The molecule has 3 N–H and O–H groups in total. The topological polar surface area (TPSA) is 130 Å². The van der Waals surface area contributed by atoms with Gasteiger partial charge in [-0.3, -0.25) is 24.5 Å². The molecule has 0 aromatic heterocycles. The summed E-state index contributed by atoms with van der Waals surface area (Å²) in [6.45, 7) is -0.519. The van der Waals surface area contributed by atoms with Crippen LogP contribution in [0.3, 0.4) is 0 Å². The Morgan fingerprint density at radius 2 is 1.73 bits per heavy atom. The molecule has 3 amide bonds. The summed E-state index contributed by atoms with van der Waals surface area (Å²) in [6.07, 6.45) is 1.69. The van der Waals surface area contributed by atoms with Gasteiger partial charge in [0.15, 0.2) is 0 Å². The predicted octanol–water partition coefficient (Wildman–Crippen LogP) is 2.01. The number of nitro groups is 1. The molecule has 1 atom stereocenters. The largest absolute Gasteiger partial charge is 0.348 e. The summed E-state index contributed by atoms with van der Waals surface area (Å²) in [6, 6.07) is 10.9. The van der Waals surface area contributed by atoms with Gasteiger partial charge in [0, 0.05) is 22.2 Å². The van der Waals surface area contributed by atoms with Crippen LogP contribution < -0.4 is 16.0 Å². The van der Waals surface area contributed by atoms with Crippen LogP contribution in [-0.2, 0) is 16.0 Å². The molecule has 1 aliphatic carbocycles. The summed E-state index contributed by atoms with van der Waals surface area (Å²) in [7, 11) is 0. The molecule has 0 saturated carbocycles. The van der Waals surface area contributed by atoms with Crippen molar-refractivity contribution in [3.05, 3.63) is 73.7 Å². The lowest BCUT2D eigenvalue weighted by atomic mass is 10.1. The quantitative estimate of drug-likeness (QED) is 0.417. The van der Waals surface area contributed by atoms with Gasteiger partial charge in [0.1, 0.15) is 0 Å². The molecule has 30 heavy (non-hydrogen) atoms. The van der Waals surface area contributed by atoms with Crippen molar-refractivity contribution in [3.8, 4) is 0 Å². The average molecular weight is 475 g/mol. The second-order valence-electron chi connectivity index (χ2n) is 6.77. The van der Waals surface area contributed by atoms with E-state index >= 15 is 0 Å². The van der Waals surface area contributed by atoms with Gasteiger partial charge in [-0.15, -0.1) is 0 Å². The molecular weight excluding hydrogens is 456 g/mol. The SMILES string of the molecule is O=C(CNC(=O)c1ccc([N+](=O)[O-])cc1)NCC(=O)NC1CCc2ccc(Br)cc21. The van der Waals surface area contributed by atoms with Gasteiger partial charge in [-0.05, 0) is 48.2 Å². The lowest BCUT2D eigenvalue weighted by molar-refractivity contribution is -0.384. The summed E-state index contributed by atoms with van der Waals surface area (Å²) in [5, 5.41) is 18.4. The fourth-order valence-electron chi connectivity index (χ4n) is 3.21. The third-order valence-electron chi connectivity index (χ3n) is 4.72. The van der Waals surface area contributed by atoms with Gasteiger partial charge in [0.05, 0.1) is 24.1 Å². The second kappa shape index (κ2) is 9.49. The number of halogens is 1. The first kappa shape index (κ1) is 21.4. The smallest absolute Gasteiger partial charge is 0.269 e. The minimum absolute atomic E-state index is 0.0938. The number of hydrogen-bond acceptors (Lipinski definition) is 5. The molecule has 1 unspecified atom stereocenters.